The maximum Gasteiger partial charge on any atom is 0.387 e. The van der Waals surface area contributed by atoms with Crippen LogP contribution in [-0.4, -0.2) is 40.2 Å². The van der Waals surface area contributed by atoms with Crippen molar-refractivity contribution in [1.29, 1.82) is 0 Å². The first-order valence-corrected chi connectivity index (χ1v) is 10.1. The fraction of sp³-hybridized carbons (Fsp3) is 0.273. The number of nitrogens with zero attached hydrogens (tertiary/aromatic N) is 2. The van der Waals surface area contributed by atoms with Crippen LogP contribution >= 0.6 is 0 Å². The van der Waals surface area contributed by atoms with E-state index in [1.165, 1.54) is 30.3 Å². The minimum Gasteiger partial charge on any atom is -0.490 e. The summed E-state index contributed by atoms with van der Waals surface area (Å²) < 4.78 is 40.8. The molecular formula is C22H22F2N4O6. The van der Waals surface area contributed by atoms with Crippen LogP contribution in [0.2, 0.25) is 0 Å². The molecule has 3 rings (SSSR count). The van der Waals surface area contributed by atoms with Gasteiger partial charge in [-0.25, -0.2) is 14.8 Å². The zero-order valence-electron chi connectivity index (χ0n) is 18.2. The molecule has 0 saturated carbocycles. The van der Waals surface area contributed by atoms with Gasteiger partial charge in [0.25, 0.3) is 5.91 Å². The highest BCUT2D eigenvalue weighted by Gasteiger charge is 2.24. The number of ether oxygens (including phenoxy) is 2. The number of benzene rings is 1. The molecule has 0 aliphatic heterocycles. The van der Waals surface area contributed by atoms with Gasteiger partial charge in [0, 0.05) is 5.56 Å². The molecule has 34 heavy (non-hydrogen) atoms. The number of carboxylic acids is 1. The predicted octanol–water partition coefficient (Wildman–Crippen LogP) is 3.38. The molecule has 0 aliphatic rings. The number of aromatic carboxylic acids is 1. The van der Waals surface area contributed by atoms with E-state index >= 15 is 0 Å². The van der Waals surface area contributed by atoms with Crippen LogP contribution in [0.1, 0.15) is 52.3 Å². The lowest BCUT2D eigenvalue weighted by molar-refractivity contribution is -0.0514. The molecule has 1 amide bonds. The molecule has 10 nitrogen and oxygen atoms in total. The SMILES string of the molecule is CCOc1cc(-c2nc(C(=O)NCc3cccc(C(=O)O)n3)c([C@H](C)N)o2)ccc1OC(F)F. The van der Waals surface area contributed by atoms with Gasteiger partial charge >= 0.3 is 12.6 Å². The fourth-order valence-corrected chi connectivity index (χ4v) is 2.98. The van der Waals surface area contributed by atoms with E-state index in [2.05, 4.69) is 20.0 Å². The van der Waals surface area contributed by atoms with E-state index in [-0.39, 0.29) is 47.7 Å². The maximum absolute atomic E-state index is 12.8. The van der Waals surface area contributed by atoms with Gasteiger partial charge in [0.1, 0.15) is 5.69 Å². The van der Waals surface area contributed by atoms with Gasteiger partial charge in [-0.3, -0.25) is 4.79 Å². The summed E-state index contributed by atoms with van der Waals surface area (Å²) in [5.41, 5.74) is 6.38. The third kappa shape index (κ3) is 5.84. The number of hydrogen-bond acceptors (Lipinski definition) is 8. The fourth-order valence-electron chi connectivity index (χ4n) is 2.98. The highest BCUT2D eigenvalue weighted by molar-refractivity contribution is 5.94. The summed E-state index contributed by atoms with van der Waals surface area (Å²) in [4.78, 5) is 32.0. The molecule has 2 aromatic heterocycles. The minimum atomic E-state index is -3.03. The molecule has 0 unspecified atom stereocenters. The van der Waals surface area contributed by atoms with Crippen LogP contribution in [0.3, 0.4) is 0 Å². The number of aromatic nitrogens is 2. The minimum absolute atomic E-state index is 0.0213. The number of amides is 1. The zero-order chi connectivity index (χ0) is 24.8. The molecule has 2 heterocycles. The van der Waals surface area contributed by atoms with Crippen LogP contribution in [0.4, 0.5) is 8.78 Å². The normalized spacial score (nSPS) is 11.8. The van der Waals surface area contributed by atoms with Crippen LogP contribution in [0.15, 0.2) is 40.8 Å². The van der Waals surface area contributed by atoms with Crippen molar-refractivity contribution in [2.24, 2.45) is 5.73 Å². The van der Waals surface area contributed by atoms with Crippen molar-refractivity contribution in [2.75, 3.05) is 6.61 Å². The number of carboxylic acid groups (broad SMARTS) is 1. The van der Waals surface area contributed by atoms with Crippen molar-refractivity contribution in [3.8, 4) is 23.0 Å². The summed E-state index contributed by atoms with van der Waals surface area (Å²) in [6.45, 7) is 0.391. The standard InChI is InChI=1S/C22H22F2N4O6/c1-3-32-16-9-12(7-8-15(16)33-22(23)24)20-28-17(18(34-20)11(2)25)19(29)26-10-13-5-4-6-14(27-13)21(30)31/h4-9,11,22H,3,10,25H2,1-2H3,(H,26,29)(H,30,31)/t11-/m0/s1. The van der Waals surface area contributed by atoms with Crippen LogP contribution in [0, 0.1) is 0 Å². The van der Waals surface area contributed by atoms with E-state index in [0.29, 0.717) is 11.3 Å². The van der Waals surface area contributed by atoms with E-state index in [9.17, 15) is 18.4 Å². The largest absolute Gasteiger partial charge is 0.490 e. The smallest absolute Gasteiger partial charge is 0.387 e. The summed E-state index contributed by atoms with van der Waals surface area (Å²) in [6.07, 6.45) is 0. The first-order chi connectivity index (χ1) is 16.2. The first-order valence-electron chi connectivity index (χ1n) is 10.1. The van der Waals surface area contributed by atoms with Crippen molar-refractivity contribution < 1.29 is 37.4 Å². The lowest BCUT2D eigenvalue weighted by Crippen LogP contribution is -2.26. The van der Waals surface area contributed by atoms with Gasteiger partial charge in [0.15, 0.2) is 23.0 Å². The third-order valence-electron chi connectivity index (χ3n) is 4.44. The number of carbonyl (C=O) groups excluding carboxylic acids is 1. The second-order valence-corrected chi connectivity index (χ2v) is 7.00. The quantitative estimate of drug-likeness (QED) is 0.400. The summed E-state index contributed by atoms with van der Waals surface area (Å²) >= 11 is 0. The van der Waals surface area contributed by atoms with E-state index in [1.54, 1.807) is 19.9 Å². The Morgan fingerprint density at radius 2 is 1.97 bits per heavy atom. The van der Waals surface area contributed by atoms with Crippen LogP contribution in [-0.2, 0) is 6.54 Å². The zero-order valence-corrected chi connectivity index (χ0v) is 18.2. The molecule has 0 aliphatic carbocycles. The molecule has 1 atom stereocenters. The molecule has 3 aromatic rings. The molecule has 0 saturated heterocycles. The Balaban J connectivity index is 1.87. The summed E-state index contributed by atoms with van der Waals surface area (Å²) in [5, 5.41) is 11.6. The highest BCUT2D eigenvalue weighted by Crippen LogP contribution is 2.34. The second-order valence-electron chi connectivity index (χ2n) is 7.00. The van der Waals surface area contributed by atoms with Crippen molar-refractivity contribution in [1.82, 2.24) is 15.3 Å². The number of pyridine rings is 1. The lowest BCUT2D eigenvalue weighted by atomic mass is 10.2. The van der Waals surface area contributed by atoms with Crippen molar-refractivity contribution in [3.63, 3.8) is 0 Å². The van der Waals surface area contributed by atoms with Gasteiger partial charge < -0.3 is 30.0 Å². The molecular weight excluding hydrogens is 454 g/mol. The van der Waals surface area contributed by atoms with Crippen LogP contribution in [0.25, 0.3) is 11.5 Å². The average Bonchev–Trinajstić information content (AvgIpc) is 3.25. The molecule has 180 valence electrons. The molecule has 0 bridgehead atoms. The van der Waals surface area contributed by atoms with E-state index < -0.39 is 24.5 Å². The van der Waals surface area contributed by atoms with E-state index in [4.69, 9.17) is 20.0 Å². The topological polar surface area (TPSA) is 150 Å². The van der Waals surface area contributed by atoms with Gasteiger partial charge in [-0.1, -0.05) is 6.07 Å². The number of nitrogens with one attached hydrogen (secondary N) is 1. The maximum atomic E-state index is 12.8. The number of halogens is 2. The Morgan fingerprint density at radius 3 is 2.62 bits per heavy atom. The Labute approximate surface area is 192 Å². The molecule has 4 N–H and O–H groups in total. The number of hydrogen-bond donors (Lipinski definition) is 3. The Kier molecular flexibility index (Phi) is 7.74. The van der Waals surface area contributed by atoms with Crippen molar-refractivity contribution in [2.45, 2.75) is 33.0 Å². The highest BCUT2D eigenvalue weighted by atomic mass is 19.3. The Bertz CT molecular complexity index is 1180. The van der Waals surface area contributed by atoms with E-state index in [0.717, 1.165) is 0 Å². The molecule has 0 radical (unpaired) electrons. The van der Waals surface area contributed by atoms with Gasteiger partial charge in [-0.2, -0.15) is 8.78 Å². The van der Waals surface area contributed by atoms with Crippen molar-refractivity contribution in [3.05, 3.63) is 59.2 Å². The lowest BCUT2D eigenvalue weighted by Gasteiger charge is -2.11. The van der Waals surface area contributed by atoms with Gasteiger partial charge in [-0.05, 0) is 44.2 Å². The number of carbonyl (C=O) groups is 2. The predicted molar refractivity (Wildman–Crippen MR) is 115 cm³/mol. The second kappa shape index (κ2) is 10.7. The number of alkyl halides is 2. The van der Waals surface area contributed by atoms with Gasteiger partial charge in [0.05, 0.1) is 24.9 Å². The first kappa shape index (κ1) is 24.6. The molecule has 12 heteroatoms. The molecule has 0 spiro atoms. The summed E-state index contributed by atoms with van der Waals surface area (Å²) in [6, 6.07) is 7.83. The Morgan fingerprint density at radius 1 is 1.21 bits per heavy atom. The van der Waals surface area contributed by atoms with Crippen molar-refractivity contribution >= 4 is 11.9 Å². The summed E-state index contributed by atoms with van der Waals surface area (Å²) in [7, 11) is 0. The number of nitrogens with two attached hydrogens (primary N) is 1. The molecule has 1 aromatic carbocycles. The summed E-state index contributed by atoms with van der Waals surface area (Å²) in [5.74, 6) is -1.79. The van der Waals surface area contributed by atoms with Crippen LogP contribution < -0.4 is 20.5 Å². The van der Waals surface area contributed by atoms with E-state index in [1.807, 2.05) is 0 Å². The number of rotatable bonds is 10. The monoisotopic (exact) mass is 476 g/mol. The number of oxazole rings is 1. The third-order valence-corrected chi connectivity index (χ3v) is 4.44. The Hall–Kier alpha value is -4.06. The molecule has 0 fully saturated rings. The van der Waals surface area contributed by atoms with Gasteiger partial charge in [-0.15, -0.1) is 0 Å². The average molecular weight is 476 g/mol. The van der Waals surface area contributed by atoms with Crippen LogP contribution in [0.5, 0.6) is 11.5 Å². The van der Waals surface area contributed by atoms with Gasteiger partial charge in [0.2, 0.25) is 5.89 Å².